The number of fused-ring (bicyclic) bond motifs is 1. The highest BCUT2D eigenvalue weighted by molar-refractivity contribution is 9.10. The van der Waals surface area contributed by atoms with Gasteiger partial charge in [0.1, 0.15) is 11.6 Å². The van der Waals surface area contributed by atoms with E-state index in [0.717, 1.165) is 54.6 Å². The molecule has 0 radical (unpaired) electrons. The molecule has 0 aromatic carbocycles. The molecule has 1 atom stereocenters. The van der Waals surface area contributed by atoms with Crippen LogP contribution in [0.1, 0.15) is 49.2 Å². The Labute approximate surface area is 207 Å². The quantitative estimate of drug-likeness (QED) is 0.339. The van der Waals surface area contributed by atoms with Gasteiger partial charge in [0.15, 0.2) is 0 Å². The molecular formula is C24H32BrF2N5O2. The zero-order valence-electron chi connectivity index (χ0n) is 19.2. The minimum Gasteiger partial charge on any atom is -0.481 e. The Hall–Kier alpha value is -2.20. The molecule has 1 aliphatic heterocycles. The van der Waals surface area contributed by atoms with Crippen LogP contribution in [0.3, 0.4) is 0 Å². The number of hydrogen-bond donors (Lipinski definition) is 2. The van der Waals surface area contributed by atoms with Crippen LogP contribution in [0.5, 0.6) is 0 Å². The van der Waals surface area contributed by atoms with Gasteiger partial charge < -0.3 is 15.3 Å². The van der Waals surface area contributed by atoms with E-state index in [0.29, 0.717) is 25.3 Å². The number of nitrogens with one attached hydrogen (secondary N) is 1. The second-order valence-corrected chi connectivity index (χ2v) is 9.58. The number of carboxylic acids is 1. The van der Waals surface area contributed by atoms with Crippen molar-refractivity contribution in [1.29, 1.82) is 0 Å². The Balaban J connectivity index is 1.48. The first kappa shape index (κ1) is 26.4. The number of pyridine rings is 1. The van der Waals surface area contributed by atoms with Crippen molar-refractivity contribution in [2.45, 2.75) is 57.8 Å². The van der Waals surface area contributed by atoms with Crippen LogP contribution in [-0.2, 0) is 24.1 Å². The number of carboxylic acid groups (broad SMARTS) is 1. The molecule has 7 nitrogen and oxygen atoms in total. The van der Waals surface area contributed by atoms with Crippen molar-refractivity contribution in [2.75, 3.05) is 31.5 Å². The topological polar surface area (TPSA) is 91.2 Å². The minimum atomic E-state index is -2.37. The summed E-state index contributed by atoms with van der Waals surface area (Å²) in [6, 6.07) is 4.21. The van der Waals surface area contributed by atoms with Crippen molar-refractivity contribution in [3.8, 4) is 0 Å². The number of alkyl halides is 2. The summed E-state index contributed by atoms with van der Waals surface area (Å²) in [5.41, 5.74) is 2.29. The van der Waals surface area contributed by atoms with Crippen LogP contribution < -0.4 is 5.32 Å². The molecule has 0 aliphatic carbocycles. The lowest BCUT2D eigenvalue weighted by molar-refractivity contribution is -0.142. The first-order chi connectivity index (χ1) is 16.4. The molecule has 3 heterocycles. The van der Waals surface area contributed by atoms with E-state index in [9.17, 15) is 18.7 Å². The molecule has 3 rings (SSSR count). The lowest BCUT2D eigenvalue weighted by Crippen LogP contribution is -2.31. The smallest absolute Gasteiger partial charge is 0.306 e. The summed E-state index contributed by atoms with van der Waals surface area (Å²) in [5.74, 6) is -0.145. The lowest BCUT2D eigenvalue weighted by atomic mass is 10.0. The van der Waals surface area contributed by atoms with E-state index >= 15 is 0 Å². The molecule has 0 spiro atoms. The molecule has 1 aliphatic rings. The fourth-order valence-electron chi connectivity index (χ4n) is 4.08. The van der Waals surface area contributed by atoms with Crippen LogP contribution in [0, 0.1) is 5.92 Å². The summed E-state index contributed by atoms with van der Waals surface area (Å²) < 4.78 is 26.4. The summed E-state index contributed by atoms with van der Waals surface area (Å²) in [6.07, 6.45) is 5.89. The maximum Gasteiger partial charge on any atom is 0.306 e. The highest BCUT2D eigenvalue weighted by Crippen LogP contribution is 2.20. The van der Waals surface area contributed by atoms with E-state index in [1.807, 2.05) is 4.90 Å². The van der Waals surface area contributed by atoms with E-state index in [1.165, 1.54) is 5.56 Å². The van der Waals surface area contributed by atoms with E-state index in [1.54, 1.807) is 12.4 Å². The number of hydrogen-bond acceptors (Lipinski definition) is 6. The predicted octanol–water partition coefficient (Wildman–Crippen LogP) is 4.61. The molecule has 2 aromatic rings. The van der Waals surface area contributed by atoms with Gasteiger partial charge in [-0.05, 0) is 79.2 Å². The lowest BCUT2D eigenvalue weighted by Gasteiger charge is -2.24. The number of unbranched alkanes of at least 4 members (excludes halogenated alkanes) is 1. The predicted molar refractivity (Wildman–Crippen MR) is 130 cm³/mol. The molecular weight excluding hydrogens is 508 g/mol. The van der Waals surface area contributed by atoms with Gasteiger partial charge in [-0.25, -0.2) is 23.7 Å². The second kappa shape index (κ2) is 13.6. The Bertz CT molecular complexity index is 917. The summed E-state index contributed by atoms with van der Waals surface area (Å²) in [6.45, 7) is 2.30. The van der Waals surface area contributed by atoms with Gasteiger partial charge in [0.2, 0.25) is 6.43 Å². The van der Waals surface area contributed by atoms with Crippen molar-refractivity contribution >= 4 is 27.7 Å². The van der Waals surface area contributed by atoms with Gasteiger partial charge in [-0.2, -0.15) is 0 Å². The fourth-order valence-corrected chi connectivity index (χ4v) is 4.29. The van der Waals surface area contributed by atoms with Gasteiger partial charge in [0.25, 0.3) is 0 Å². The highest BCUT2D eigenvalue weighted by Gasteiger charge is 2.21. The Morgan fingerprint density at radius 3 is 2.65 bits per heavy atom. The van der Waals surface area contributed by atoms with Gasteiger partial charge in [-0.3, -0.25) is 4.79 Å². The van der Waals surface area contributed by atoms with Crippen LogP contribution in [0.15, 0.2) is 29.0 Å². The number of nitrogens with zero attached hydrogens (tertiary/aromatic N) is 4. The van der Waals surface area contributed by atoms with Crippen LogP contribution in [0.2, 0.25) is 0 Å². The summed E-state index contributed by atoms with van der Waals surface area (Å²) in [5, 5.41) is 13.0. The number of aliphatic carboxylic acids is 1. The Kier molecular flexibility index (Phi) is 10.6. The first-order valence-electron chi connectivity index (χ1n) is 11.8. The van der Waals surface area contributed by atoms with Crippen LogP contribution >= 0.6 is 15.9 Å². The molecule has 34 heavy (non-hydrogen) atoms. The molecule has 0 unspecified atom stereocenters. The van der Waals surface area contributed by atoms with Gasteiger partial charge in [-0.15, -0.1) is 0 Å². The Morgan fingerprint density at radius 2 is 1.91 bits per heavy atom. The average molecular weight is 540 g/mol. The molecule has 0 amide bonds. The van der Waals surface area contributed by atoms with E-state index in [-0.39, 0.29) is 19.4 Å². The van der Waals surface area contributed by atoms with Crippen LogP contribution in [0.4, 0.5) is 14.6 Å². The standard InChI is InChI=1S/C24H32BrF2N5O2/c25-19-15-29-22(30-16-19)14-18(24(33)34)8-12-32(13-9-21(26)27)11-2-1-5-20-7-6-17-4-3-10-28-23(17)31-20/h6-7,15-16,18,21H,1-5,8-14H2,(H,28,31)(H,33,34)/t18-/m1/s1. The fraction of sp³-hybridized carbons (Fsp3) is 0.583. The summed E-state index contributed by atoms with van der Waals surface area (Å²) in [7, 11) is 0. The molecule has 0 saturated heterocycles. The van der Waals surface area contributed by atoms with E-state index in [4.69, 9.17) is 4.98 Å². The number of carbonyl (C=O) groups is 1. The molecule has 0 fully saturated rings. The maximum atomic E-state index is 12.8. The van der Waals surface area contributed by atoms with Gasteiger partial charge >= 0.3 is 5.97 Å². The second-order valence-electron chi connectivity index (χ2n) is 8.66. The normalized spacial score (nSPS) is 14.1. The third-order valence-electron chi connectivity index (χ3n) is 6.02. The first-order valence-corrected chi connectivity index (χ1v) is 12.6. The number of rotatable bonds is 14. The minimum absolute atomic E-state index is 0.212. The maximum absolute atomic E-state index is 12.8. The van der Waals surface area contributed by atoms with Crippen molar-refractivity contribution < 1.29 is 18.7 Å². The SMILES string of the molecule is O=C(O)[C@H](CCN(CCCCc1ccc2c(n1)NCCC2)CCC(F)F)Cc1ncc(Br)cn1. The zero-order valence-corrected chi connectivity index (χ0v) is 20.8. The number of anilines is 1. The summed E-state index contributed by atoms with van der Waals surface area (Å²) >= 11 is 3.26. The highest BCUT2D eigenvalue weighted by atomic mass is 79.9. The van der Waals surface area contributed by atoms with Crippen molar-refractivity contribution in [2.24, 2.45) is 5.92 Å². The van der Waals surface area contributed by atoms with Crippen molar-refractivity contribution in [1.82, 2.24) is 19.9 Å². The molecule has 2 aromatic heterocycles. The molecule has 186 valence electrons. The monoisotopic (exact) mass is 539 g/mol. The van der Waals surface area contributed by atoms with Crippen LogP contribution in [0.25, 0.3) is 0 Å². The summed E-state index contributed by atoms with van der Waals surface area (Å²) in [4.78, 5) is 26.7. The van der Waals surface area contributed by atoms with Crippen molar-refractivity contribution in [3.05, 3.63) is 46.1 Å². The van der Waals surface area contributed by atoms with E-state index in [2.05, 4.69) is 43.3 Å². The number of aryl methyl sites for hydroxylation is 2. The van der Waals surface area contributed by atoms with E-state index < -0.39 is 18.3 Å². The van der Waals surface area contributed by atoms with Gasteiger partial charge in [-0.1, -0.05) is 6.07 Å². The average Bonchev–Trinajstić information content (AvgIpc) is 2.82. The molecule has 0 bridgehead atoms. The molecule has 10 heteroatoms. The van der Waals surface area contributed by atoms with Gasteiger partial charge in [0, 0.05) is 44.0 Å². The third kappa shape index (κ3) is 8.87. The number of aromatic nitrogens is 3. The number of halogens is 3. The largest absolute Gasteiger partial charge is 0.481 e. The third-order valence-corrected chi connectivity index (χ3v) is 6.43. The van der Waals surface area contributed by atoms with Crippen LogP contribution in [-0.4, -0.2) is 63.5 Å². The van der Waals surface area contributed by atoms with Crippen molar-refractivity contribution in [3.63, 3.8) is 0 Å². The molecule has 0 saturated carbocycles. The van der Waals surface area contributed by atoms with Gasteiger partial charge in [0.05, 0.1) is 10.4 Å². The Morgan fingerprint density at radius 1 is 1.15 bits per heavy atom. The molecule has 2 N–H and O–H groups in total. The zero-order chi connectivity index (χ0) is 24.3.